The molecule has 2 aliphatic rings. The summed E-state index contributed by atoms with van der Waals surface area (Å²) in [5, 5.41) is 3.74. The highest BCUT2D eigenvalue weighted by molar-refractivity contribution is 5.59. The Kier molecular flexibility index (Phi) is 4.54. The topological polar surface area (TPSA) is 15.3 Å². The highest BCUT2D eigenvalue weighted by Gasteiger charge is 2.33. The van der Waals surface area contributed by atoms with Crippen LogP contribution < -0.4 is 10.2 Å². The van der Waals surface area contributed by atoms with Gasteiger partial charge in [0.15, 0.2) is 0 Å². The van der Waals surface area contributed by atoms with Crippen molar-refractivity contribution in [3.63, 3.8) is 0 Å². The molecule has 0 aromatic heterocycles. The fourth-order valence-corrected chi connectivity index (χ4v) is 4.39. The Labute approximate surface area is 129 Å². The number of fused-ring (bicyclic) bond motifs is 1. The van der Waals surface area contributed by atoms with E-state index in [0.29, 0.717) is 12.1 Å². The zero-order valence-electron chi connectivity index (χ0n) is 13.8. The first-order valence-electron chi connectivity index (χ1n) is 8.77. The summed E-state index contributed by atoms with van der Waals surface area (Å²) in [4.78, 5) is 2.67. The second-order valence-corrected chi connectivity index (χ2v) is 7.18. The van der Waals surface area contributed by atoms with E-state index in [0.717, 1.165) is 18.4 Å². The minimum Gasteiger partial charge on any atom is -0.368 e. The molecule has 0 amide bonds. The molecule has 1 aromatic rings. The van der Waals surface area contributed by atoms with Crippen LogP contribution in [0, 0.1) is 11.8 Å². The molecule has 1 N–H and O–H groups in total. The Hall–Kier alpha value is -1.02. The van der Waals surface area contributed by atoms with Crippen molar-refractivity contribution in [2.45, 2.75) is 58.5 Å². The lowest BCUT2D eigenvalue weighted by molar-refractivity contribution is 0.216. The Balaban J connectivity index is 1.74. The van der Waals surface area contributed by atoms with E-state index in [1.54, 1.807) is 0 Å². The summed E-state index contributed by atoms with van der Waals surface area (Å²) in [7, 11) is 0. The van der Waals surface area contributed by atoms with Gasteiger partial charge in [-0.05, 0) is 62.6 Å². The van der Waals surface area contributed by atoms with E-state index >= 15 is 0 Å². The van der Waals surface area contributed by atoms with Gasteiger partial charge in [-0.25, -0.2) is 0 Å². The molecule has 3 rings (SSSR count). The molecule has 4 unspecified atom stereocenters. The van der Waals surface area contributed by atoms with Crippen molar-refractivity contribution in [2.24, 2.45) is 11.8 Å². The number of hydrogen-bond acceptors (Lipinski definition) is 2. The molecule has 0 spiro atoms. The summed E-state index contributed by atoms with van der Waals surface area (Å²) >= 11 is 0. The zero-order chi connectivity index (χ0) is 14.8. The summed E-state index contributed by atoms with van der Waals surface area (Å²) in [6.45, 7) is 9.37. The van der Waals surface area contributed by atoms with Gasteiger partial charge in [0.2, 0.25) is 0 Å². The van der Waals surface area contributed by atoms with Gasteiger partial charge in [0.05, 0.1) is 0 Å². The van der Waals surface area contributed by atoms with Crippen LogP contribution in [0.2, 0.25) is 0 Å². The first kappa shape index (κ1) is 14.9. The van der Waals surface area contributed by atoms with Crippen LogP contribution in [0.5, 0.6) is 0 Å². The summed E-state index contributed by atoms with van der Waals surface area (Å²) in [5.41, 5.74) is 3.02. The monoisotopic (exact) mass is 286 g/mol. The van der Waals surface area contributed by atoms with E-state index in [1.165, 1.54) is 43.5 Å². The number of hydrogen-bond donors (Lipinski definition) is 1. The van der Waals surface area contributed by atoms with Crippen molar-refractivity contribution < 1.29 is 0 Å². The Morgan fingerprint density at radius 2 is 2.00 bits per heavy atom. The van der Waals surface area contributed by atoms with E-state index in [2.05, 4.69) is 55.3 Å². The quantitative estimate of drug-likeness (QED) is 0.904. The third kappa shape index (κ3) is 3.11. The number of benzene rings is 1. The molecule has 1 saturated carbocycles. The lowest BCUT2D eigenvalue weighted by Gasteiger charge is -2.39. The fraction of sp³-hybridized carbons (Fsp3) is 0.684. The van der Waals surface area contributed by atoms with Crippen LogP contribution in [0.15, 0.2) is 24.3 Å². The van der Waals surface area contributed by atoms with E-state index in [4.69, 9.17) is 0 Å². The predicted octanol–water partition coefficient (Wildman–Crippen LogP) is 3.85. The normalized spacial score (nSPS) is 32.2. The van der Waals surface area contributed by atoms with Gasteiger partial charge in [-0.15, -0.1) is 0 Å². The highest BCUT2D eigenvalue weighted by Crippen LogP contribution is 2.36. The van der Waals surface area contributed by atoms with Crippen molar-refractivity contribution in [3.8, 4) is 0 Å². The van der Waals surface area contributed by atoms with E-state index in [-0.39, 0.29) is 0 Å². The van der Waals surface area contributed by atoms with Gasteiger partial charge >= 0.3 is 0 Å². The van der Waals surface area contributed by atoms with Crippen molar-refractivity contribution in [1.82, 2.24) is 5.32 Å². The third-order valence-corrected chi connectivity index (χ3v) is 5.49. The van der Waals surface area contributed by atoms with E-state index < -0.39 is 0 Å². The maximum absolute atomic E-state index is 3.74. The van der Waals surface area contributed by atoms with E-state index in [9.17, 15) is 0 Å². The molecule has 1 aliphatic heterocycles. The zero-order valence-corrected chi connectivity index (χ0v) is 13.8. The van der Waals surface area contributed by atoms with Crippen molar-refractivity contribution in [3.05, 3.63) is 29.8 Å². The number of anilines is 1. The molecule has 4 atom stereocenters. The summed E-state index contributed by atoms with van der Waals surface area (Å²) in [6, 6.07) is 10.4. The maximum Gasteiger partial charge on any atom is 0.0402 e. The second kappa shape index (κ2) is 6.39. The number of nitrogens with one attached hydrogen (secondary N) is 1. The molecule has 116 valence electrons. The molecule has 2 nitrogen and oxygen atoms in total. The van der Waals surface area contributed by atoms with Crippen LogP contribution in [0.25, 0.3) is 0 Å². The standard InChI is InChI=1S/C19H30N2/c1-4-20-18-10-9-14(2)11-17(18)13-21-15(3)12-16-7-5-6-8-19(16)21/h5-8,14-15,17-18,20H,4,9-13H2,1-3H3. The Morgan fingerprint density at radius 3 is 2.81 bits per heavy atom. The molecule has 0 bridgehead atoms. The van der Waals surface area contributed by atoms with Gasteiger partial charge in [0, 0.05) is 24.3 Å². The van der Waals surface area contributed by atoms with Gasteiger partial charge in [-0.2, -0.15) is 0 Å². The average molecular weight is 286 g/mol. The van der Waals surface area contributed by atoms with Gasteiger partial charge < -0.3 is 10.2 Å². The smallest absolute Gasteiger partial charge is 0.0402 e. The van der Waals surface area contributed by atoms with Crippen LogP contribution in [0.3, 0.4) is 0 Å². The van der Waals surface area contributed by atoms with Gasteiger partial charge in [0.1, 0.15) is 0 Å². The molecular formula is C19H30N2. The van der Waals surface area contributed by atoms with Crippen molar-refractivity contribution >= 4 is 5.69 Å². The fourth-order valence-electron chi connectivity index (χ4n) is 4.39. The van der Waals surface area contributed by atoms with Crippen LogP contribution in [-0.4, -0.2) is 25.2 Å². The number of rotatable bonds is 4. The predicted molar refractivity (Wildman–Crippen MR) is 90.9 cm³/mol. The first-order chi connectivity index (χ1) is 10.2. The second-order valence-electron chi connectivity index (χ2n) is 7.18. The molecule has 0 saturated heterocycles. The van der Waals surface area contributed by atoms with Crippen LogP contribution >= 0.6 is 0 Å². The largest absolute Gasteiger partial charge is 0.368 e. The van der Waals surface area contributed by atoms with Crippen molar-refractivity contribution in [1.29, 1.82) is 0 Å². The van der Waals surface area contributed by atoms with E-state index in [1.807, 2.05) is 0 Å². The average Bonchev–Trinajstić information content (AvgIpc) is 2.78. The minimum absolute atomic E-state index is 0.655. The SMILES string of the molecule is CCNC1CCC(C)CC1CN1c2ccccc2CC1C. The summed E-state index contributed by atoms with van der Waals surface area (Å²) in [5.74, 6) is 1.68. The summed E-state index contributed by atoms with van der Waals surface area (Å²) < 4.78 is 0. The molecule has 0 radical (unpaired) electrons. The van der Waals surface area contributed by atoms with Crippen LogP contribution in [-0.2, 0) is 6.42 Å². The first-order valence-corrected chi connectivity index (χ1v) is 8.77. The minimum atomic E-state index is 0.655. The Bertz CT molecular complexity index is 470. The maximum atomic E-state index is 3.74. The number of para-hydroxylation sites is 1. The molecular weight excluding hydrogens is 256 g/mol. The number of nitrogens with zero attached hydrogens (tertiary/aromatic N) is 1. The van der Waals surface area contributed by atoms with Gasteiger partial charge in [-0.3, -0.25) is 0 Å². The lowest BCUT2D eigenvalue weighted by atomic mass is 9.78. The molecule has 1 heterocycles. The highest BCUT2D eigenvalue weighted by atomic mass is 15.2. The van der Waals surface area contributed by atoms with Gasteiger partial charge in [0.25, 0.3) is 0 Å². The lowest BCUT2D eigenvalue weighted by Crippen LogP contribution is -2.46. The van der Waals surface area contributed by atoms with Gasteiger partial charge in [-0.1, -0.05) is 32.0 Å². The molecule has 1 aliphatic carbocycles. The molecule has 1 fully saturated rings. The molecule has 21 heavy (non-hydrogen) atoms. The summed E-state index contributed by atoms with van der Waals surface area (Å²) in [6.07, 6.45) is 5.33. The van der Waals surface area contributed by atoms with Crippen LogP contribution in [0.4, 0.5) is 5.69 Å². The molecule has 1 aromatic carbocycles. The Morgan fingerprint density at radius 1 is 1.19 bits per heavy atom. The van der Waals surface area contributed by atoms with Crippen molar-refractivity contribution in [2.75, 3.05) is 18.0 Å². The third-order valence-electron chi connectivity index (χ3n) is 5.49. The molecule has 2 heteroatoms. The van der Waals surface area contributed by atoms with Crippen LogP contribution in [0.1, 0.15) is 45.6 Å².